The first-order valence-electron chi connectivity index (χ1n) is 18.2. The van der Waals surface area contributed by atoms with Gasteiger partial charge in [-0.15, -0.1) is 0 Å². The molecule has 2 aliphatic rings. The predicted molar refractivity (Wildman–Crippen MR) is 199 cm³/mol. The number of aromatic amines is 1. The number of carbonyl (C=O) groups is 1. The molecule has 2 aliphatic heterocycles. The molecule has 10 N–H and O–H groups in total. The van der Waals surface area contributed by atoms with E-state index in [1.165, 1.54) is 27.3 Å². The molecular formula is C38H56N7O2S+. The number of hydrogen-bond acceptors (Lipinski definition) is 6. The van der Waals surface area contributed by atoms with Gasteiger partial charge >= 0.3 is 6.03 Å². The lowest BCUT2D eigenvalue weighted by atomic mass is 9.83. The number of nitrogens with one attached hydrogen (secondary N) is 3. The van der Waals surface area contributed by atoms with E-state index in [1.54, 1.807) is 6.07 Å². The number of aromatic nitrogens is 2. The molecule has 2 aromatic carbocycles. The predicted octanol–water partition coefficient (Wildman–Crippen LogP) is 5.77. The average Bonchev–Trinajstić information content (AvgIpc) is 3.76. The highest BCUT2D eigenvalue weighted by Gasteiger charge is 2.42. The van der Waals surface area contributed by atoms with Crippen LogP contribution in [0.3, 0.4) is 0 Å². The number of nitrogens with zero attached hydrogens (tertiary/aromatic N) is 1. The highest BCUT2D eigenvalue weighted by atomic mass is 32.2. The summed E-state index contributed by atoms with van der Waals surface area (Å²) >= 11 is 1.98. The van der Waals surface area contributed by atoms with Crippen LogP contribution in [0.15, 0.2) is 36.7 Å². The lowest BCUT2D eigenvalue weighted by molar-refractivity contribution is -0.696. The van der Waals surface area contributed by atoms with Gasteiger partial charge in [-0.2, -0.15) is 11.8 Å². The summed E-state index contributed by atoms with van der Waals surface area (Å²) in [5, 5.41) is 21.6. The lowest BCUT2D eigenvalue weighted by Crippen LogP contribution is -2.42. The van der Waals surface area contributed by atoms with E-state index in [1.807, 2.05) is 23.9 Å². The number of aryl methyl sites for hydroxylation is 3. The number of hydrogen-bond donors (Lipinski definition) is 7. The molecule has 2 aromatic heterocycles. The number of rotatable bonds is 17. The fraction of sp³-hybridized carbons (Fsp3) is 0.579. The second-order valence-electron chi connectivity index (χ2n) is 14.4. The Morgan fingerprint density at radius 1 is 0.917 bits per heavy atom. The van der Waals surface area contributed by atoms with E-state index in [4.69, 9.17) is 17.2 Å². The van der Waals surface area contributed by atoms with Crippen LogP contribution in [0.2, 0.25) is 0 Å². The maximum atomic E-state index is 11.7. The number of phenolic OH excluding ortho intramolecular Hbond substituents is 1. The van der Waals surface area contributed by atoms with E-state index in [2.05, 4.69) is 52.5 Å². The second kappa shape index (κ2) is 15.7. The molecule has 6 atom stereocenters. The molecule has 260 valence electrons. The van der Waals surface area contributed by atoms with Crippen molar-refractivity contribution in [2.75, 3.05) is 12.3 Å². The summed E-state index contributed by atoms with van der Waals surface area (Å²) in [6.07, 6.45) is 16.4. The van der Waals surface area contributed by atoms with Crippen molar-refractivity contribution >= 4 is 50.4 Å². The maximum absolute atomic E-state index is 11.7. The molecule has 0 saturated carbocycles. The topological polar surface area (TPSA) is 159 Å². The molecule has 2 fully saturated rings. The number of H-pyrrole nitrogens is 1. The zero-order chi connectivity index (χ0) is 33.8. The Hall–Kier alpha value is -3.05. The van der Waals surface area contributed by atoms with Crippen molar-refractivity contribution in [3.8, 4) is 5.75 Å². The number of carbonyl (C=O) groups excluding carboxylic acids is 1. The van der Waals surface area contributed by atoms with Crippen molar-refractivity contribution in [1.29, 1.82) is 0 Å². The van der Waals surface area contributed by atoms with Gasteiger partial charge in [-0.05, 0) is 99.5 Å². The zero-order valence-electron chi connectivity index (χ0n) is 28.8. The molecule has 10 heteroatoms. The third kappa shape index (κ3) is 7.57. The molecule has 48 heavy (non-hydrogen) atoms. The largest absolute Gasteiger partial charge is 0.508 e. The summed E-state index contributed by atoms with van der Waals surface area (Å²) in [4.78, 5) is 15.3. The Bertz CT molecular complexity index is 1720. The first-order valence-corrected chi connectivity index (χ1v) is 19.3. The van der Waals surface area contributed by atoms with Crippen LogP contribution in [-0.2, 0) is 6.54 Å². The fourth-order valence-electron chi connectivity index (χ4n) is 8.34. The standard InChI is InChI=1S/C38H55N7O2S/c1-23-29-21-45(19-16-26(29)24(2)36-35(23)28-20-25(46)14-15-32(28)42-36)18-9-3-4-11-30(40)27(10-7-8-17-39)31(41)12-5-6-13-34-37-33(22-48-34)43-38(47)44-37/h14-16,19-21,27,30-31,33-34,37H,3-13,17-18,22,39-41H2,1-2H3,(H3,43,44,46,47)/p+1. The van der Waals surface area contributed by atoms with Gasteiger partial charge in [0.05, 0.1) is 17.6 Å². The molecule has 6 rings (SSSR count). The minimum Gasteiger partial charge on any atom is -0.508 e. The van der Waals surface area contributed by atoms with Crippen molar-refractivity contribution in [1.82, 2.24) is 15.6 Å². The molecular weight excluding hydrogens is 619 g/mol. The highest BCUT2D eigenvalue weighted by Crippen LogP contribution is 2.37. The number of phenols is 1. The van der Waals surface area contributed by atoms with Crippen LogP contribution >= 0.6 is 11.8 Å². The van der Waals surface area contributed by atoms with E-state index in [-0.39, 0.29) is 30.2 Å². The number of amides is 2. The number of thioether (sulfide) groups is 1. The molecule has 2 saturated heterocycles. The van der Waals surface area contributed by atoms with E-state index in [0.717, 1.165) is 99.3 Å². The number of fused-ring (bicyclic) bond motifs is 5. The Labute approximate surface area is 289 Å². The summed E-state index contributed by atoms with van der Waals surface area (Å²) < 4.78 is 2.32. The number of aromatic hydroxyl groups is 1. The van der Waals surface area contributed by atoms with Crippen LogP contribution in [0.1, 0.15) is 81.8 Å². The number of nitrogens with two attached hydrogens (primary N) is 3. The summed E-state index contributed by atoms with van der Waals surface area (Å²) in [6.45, 7) is 6.06. The normalized spacial score (nSPS) is 21.1. The van der Waals surface area contributed by atoms with Crippen molar-refractivity contribution in [3.63, 3.8) is 0 Å². The van der Waals surface area contributed by atoms with E-state index >= 15 is 0 Å². The first-order chi connectivity index (χ1) is 23.2. The first kappa shape index (κ1) is 34.8. The minimum absolute atomic E-state index is 0.0142. The zero-order valence-corrected chi connectivity index (χ0v) is 29.6. The Morgan fingerprint density at radius 3 is 2.48 bits per heavy atom. The Morgan fingerprint density at radius 2 is 1.69 bits per heavy atom. The number of unbranched alkanes of at least 4 members (excludes halogenated alkanes) is 4. The van der Waals surface area contributed by atoms with Gasteiger partial charge in [-0.25, -0.2) is 9.36 Å². The second-order valence-corrected chi connectivity index (χ2v) is 15.7. The van der Waals surface area contributed by atoms with Gasteiger partial charge in [0.15, 0.2) is 12.4 Å². The molecule has 0 aliphatic carbocycles. The third-order valence-corrected chi connectivity index (χ3v) is 12.6. The lowest BCUT2D eigenvalue weighted by Gasteiger charge is -2.30. The summed E-state index contributed by atoms with van der Waals surface area (Å²) in [5.74, 6) is 1.62. The molecule has 0 radical (unpaired) electrons. The van der Waals surface area contributed by atoms with Crippen LogP contribution in [0.25, 0.3) is 32.6 Å². The third-order valence-electron chi connectivity index (χ3n) is 11.1. The van der Waals surface area contributed by atoms with Gasteiger partial charge in [-0.3, -0.25) is 0 Å². The van der Waals surface area contributed by atoms with Crippen molar-refractivity contribution in [2.45, 2.75) is 120 Å². The summed E-state index contributed by atoms with van der Waals surface area (Å²) in [7, 11) is 0. The van der Waals surface area contributed by atoms with Gasteiger partial charge < -0.3 is 37.9 Å². The highest BCUT2D eigenvalue weighted by molar-refractivity contribution is 8.00. The molecule has 2 amide bonds. The van der Waals surface area contributed by atoms with Crippen LogP contribution < -0.4 is 32.4 Å². The number of pyridine rings is 1. The Balaban J connectivity index is 0.989. The van der Waals surface area contributed by atoms with Crippen LogP contribution in [0.4, 0.5) is 4.79 Å². The van der Waals surface area contributed by atoms with Crippen LogP contribution in [0, 0.1) is 19.8 Å². The van der Waals surface area contributed by atoms with Crippen LogP contribution in [0.5, 0.6) is 5.75 Å². The summed E-state index contributed by atoms with van der Waals surface area (Å²) in [6, 6.07) is 8.58. The fourth-order valence-corrected chi connectivity index (χ4v) is 9.88. The van der Waals surface area contributed by atoms with Crippen molar-refractivity contribution < 1.29 is 14.5 Å². The number of benzene rings is 2. The minimum atomic E-state index is -0.0142. The van der Waals surface area contributed by atoms with E-state index in [0.29, 0.717) is 23.5 Å². The molecule has 0 spiro atoms. The molecule has 9 nitrogen and oxygen atoms in total. The van der Waals surface area contributed by atoms with Gasteiger partial charge in [-0.1, -0.05) is 25.7 Å². The van der Waals surface area contributed by atoms with Gasteiger partial charge in [0.1, 0.15) is 12.3 Å². The maximum Gasteiger partial charge on any atom is 0.315 e. The smallest absolute Gasteiger partial charge is 0.315 e. The van der Waals surface area contributed by atoms with Crippen molar-refractivity contribution in [3.05, 3.63) is 47.8 Å². The molecule has 4 heterocycles. The van der Waals surface area contributed by atoms with E-state index < -0.39 is 0 Å². The van der Waals surface area contributed by atoms with Gasteiger partial charge in [0.25, 0.3) is 0 Å². The van der Waals surface area contributed by atoms with Crippen molar-refractivity contribution in [2.24, 2.45) is 23.1 Å². The van der Waals surface area contributed by atoms with Gasteiger partial charge in [0, 0.05) is 57.2 Å². The molecule has 6 unspecified atom stereocenters. The summed E-state index contributed by atoms with van der Waals surface area (Å²) in [5.41, 5.74) is 24.2. The Kier molecular flexibility index (Phi) is 11.4. The number of urea groups is 1. The molecule has 4 aromatic rings. The van der Waals surface area contributed by atoms with Crippen LogP contribution in [-0.4, -0.2) is 57.8 Å². The monoisotopic (exact) mass is 674 g/mol. The average molecular weight is 675 g/mol. The quantitative estimate of drug-likeness (QED) is 0.0428. The van der Waals surface area contributed by atoms with Gasteiger partial charge in [0.2, 0.25) is 0 Å². The van der Waals surface area contributed by atoms with E-state index in [9.17, 15) is 9.90 Å². The SMILES string of the molecule is Cc1c2cc[n+](CCCCCC(N)C(CCCCN)C(N)CCCCC3SCC4NC(=O)NC43)cc2c(C)c2c1[nH]c1ccc(O)cc12. The molecule has 0 bridgehead atoms.